The SMILES string of the molecule is CC(C)NCc1cc(F)cnc1OCCC(F)(F)F. The molecule has 1 aromatic rings. The monoisotopic (exact) mass is 280 g/mol. The van der Waals surface area contributed by atoms with Crippen molar-refractivity contribution in [2.24, 2.45) is 0 Å². The lowest BCUT2D eigenvalue weighted by Crippen LogP contribution is -2.23. The summed E-state index contributed by atoms with van der Waals surface area (Å²) in [7, 11) is 0. The summed E-state index contributed by atoms with van der Waals surface area (Å²) in [4.78, 5) is 3.67. The molecule has 0 saturated carbocycles. The van der Waals surface area contributed by atoms with E-state index >= 15 is 0 Å². The van der Waals surface area contributed by atoms with Crippen molar-refractivity contribution in [1.82, 2.24) is 10.3 Å². The van der Waals surface area contributed by atoms with Gasteiger partial charge in [-0.1, -0.05) is 13.8 Å². The molecule has 1 rings (SSSR count). The van der Waals surface area contributed by atoms with E-state index in [-0.39, 0.29) is 18.5 Å². The van der Waals surface area contributed by atoms with E-state index < -0.39 is 25.0 Å². The van der Waals surface area contributed by atoms with Crippen LogP contribution in [0.25, 0.3) is 0 Å². The number of nitrogens with zero attached hydrogens (tertiary/aromatic N) is 1. The smallest absolute Gasteiger partial charge is 0.392 e. The standard InChI is InChI=1S/C12H16F4N2O/c1-8(2)17-6-9-5-10(13)7-18-11(9)19-4-3-12(14,15)16/h5,7-8,17H,3-4,6H2,1-2H3. The molecule has 0 radical (unpaired) electrons. The van der Waals surface area contributed by atoms with Crippen LogP contribution in [0.2, 0.25) is 0 Å². The molecule has 3 nitrogen and oxygen atoms in total. The van der Waals surface area contributed by atoms with Gasteiger partial charge in [-0.15, -0.1) is 0 Å². The first-order valence-corrected chi connectivity index (χ1v) is 5.85. The van der Waals surface area contributed by atoms with Gasteiger partial charge in [0.15, 0.2) is 0 Å². The van der Waals surface area contributed by atoms with E-state index in [1.54, 1.807) is 0 Å². The molecule has 1 N–H and O–H groups in total. The third-order valence-electron chi connectivity index (χ3n) is 2.22. The molecule has 1 aromatic heterocycles. The molecule has 0 spiro atoms. The van der Waals surface area contributed by atoms with Gasteiger partial charge in [0, 0.05) is 18.2 Å². The second kappa shape index (κ2) is 6.70. The van der Waals surface area contributed by atoms with E-state index in [0.717, 1.165) is 6.20 Å². The highest BCUT2D eigenvalue weighted by Gasteiger charge is 2.27. The van der Waals surface area contributed by atoms with Crippen molar-refractivity contribution in [1.29, 1.82) is 0 Å². The van der Waals surface area contributed by atoms with Gasteiger partial charge in [0.2, 0.25) is 5.88 Å². The largest absolute Gasteiger partial charge is 0.477 e. The minimum absolute atomic E-state index is 0.0267. The van der Waals surface area contributed by atoms with E-state index in [9.17, 15) is 17.6 Å². The number of nitrogens with one attached hydrogen (secondary N) is 1. The first-order chi connectivity index (χ1) is 8.78. The third-order valence-corrected chi connectivity index (χ3v) is 2.22. The van der Waals surface area contributed by atoms with E-state index in [1.807, 2.05) is 13.8 Å². The van der Waals surface area contributed by atoms with Crippen molar-refractivity contribution in [2.75, 3.05) is 6.61 Å². The topological polar surface area (TPSA) is 34.2 Å². The van der Waals surface area contributed by atoms with Crippen LogP contribution in [-0.4, -0.2) is 23.8 Å². The maximum absolute atomic E-state index is 13.1. The number of hydrogen-bond donors (Lipinski definition) is 1. The maximum Gasteiger partial charge on any atom is 0.392 e. The fourth-order valence-electron chi connectivity index (χ4n) is 1.30. The molecule has 0 unspecified atom stereocenters. The average Bonchev–Trinajstić information content (AvgIpc) is 2.27. The Labute approximate surface area is 109 Å². The number of hydrogen-bond acceptors (Lipinski definition) is 3. The number of alkyl halides is 3. The van der Waals surface area contributed by atoms with Crippen LogP contribution in [0.1, 0.15) is 25.8 Å². The average molecular weight is 280 g/mol. The number of pyridine rings is 1. The van der Waals surface area contributed by atoms with Gasteiger partial charge in [0.1, 0.15) is 5.82 Å². The molecule has 0 aromatic carbocycles. The van der Waals surface area contributed by atoms with Gasteiger partial charge in [-0.3, -0.25) is 0 Å². The Morgan fingerprint density at radius 2 is 2.05 bits per heavy atom. The summed E-state index contributed by atoms with van der Waals surface area (Å²) < 4.78 is 54.0. The molecule has 0 saturated heterocycles. The Bertz CT molecular complexity index is 407. The van der Waals surface area contributed by atoms with Crippen molar-refractivity contribution in [3.05, 3.63) is 23.6 Å². The molecule has 0 atom stereocenters. The summed E-state index contributed by atoms with van der Waals surface area (Å²) in [5.74, 6) is -0.525. The van der Waals surface area contributed by atoms with Crippen LogP contribution in [0.5, 0.6) is 5.88 Å². The molecule has 0 bridgehead atoms. The Hall–Kier alpha value is -1.37. The fourth-order valence-corrected chi connectivity index (χ4v) is 1.30. The summed E-state index contributed by atoms with van der Waals surface area (Å²) in [5.41, 5.74) is 0.399. The molecule has 1 heterocycles. The Morgan fingerprint density at radius 3 is 2.63 bits per heavy atom. The summed E-state index contributed by atoms with van der Waals surface area (Å²) in [6.45, 7) is 3.55. The zero-order chi connectivity index (χ0) is 14.5. The quantitative estimate of drug-likeness (QED) is 0.813. The predicted molar refractivity (Wildman–Crippen MR) is 62.3 cm³/mol. The first-order valence-electron chi connectivity index (χ1n) is 5.85. The van der Waals surface area contributed by atoms with Crippen molar-refractivity contribution in [3.63, 3.8) is 0 Å². The highest BCUT2D eigenvalue weighted by Crippen LogP contribution is 2.21. The normalized spacial score (nSPS) is 11.9. The number of rotatable bonds is 6. The lowest BCUT2D eigenvalue weighted by molar-refractivity contribution is -0.139. The van der Waals surface area contributed by atoms with Gasteiger partial charge in [0.25, 0.3) is 0 Å². The third kappa shape index (κ3) is 6.37. The molecule has 108 valence electrons. The zero-order valence-electron chi connectivity index (χ0n) is 10.7. The lowest BCUT2D eigenvalue weighted by Gasteiger charge is -2.13. The number of halogens is 4. The Kier molecular flexibility index (Phi) is 5.53. The molecule has 0 amide bonds. The lowest BCUT2D eigenvalue weighted by atomic mass is 10.2. The molecule has 7 heteroatoms. The van der Waals surface area contributed by atoms with Gasteiger partial charge in [-0.25, -0.2) is 9.37 Å². The Morgan fingerprint density at radius 1 is 1.37 bits per heavy atom. The van der Waals surface area contributed by atoms with Crippen LogP contribution in [0, 0.1) is 5.82 Å². The van der Waals surface area contributed by atoms with Crippen LogP contribution in [-0.2, 0) is 6.54 Å². The molecule has 0 fully saturated rings. The van der Waals surface area contributed by atoms with Crippen LogP contribution in [0.15, 0.2) is 12.3 Å². The molecule has 19 heavy (non-hydrogen) atoms. The fraction of sp³-hybridized carbons (Fsp3) is 0.583. The summed E-state index contributed by atoms with van der Waals surface area (Å²) in [6, 6.07) is 1.36. The predicted octanol–water partition coefficient (Wildman–Crippen LogP) is 3.05. The van der Waals surface area contributed by atoms with Crippen LogP contribution >= 0.6 is 0 Å². The van der Waals surface area contributed by atoms with Gasteiger partial charge in [-0.05, 0) is 6.07 Å². The summed E-state index contributed by atoms with van der Waals surface area (Å²) >= 11 is 0. The Balaban J connectivity index is 2.65. The number of ether oxygens (including phenoxy) is 1. The van der Waals surface area contributed by atoms with E-state index in [2.05, 4.69) is 10.3 Å². The summed E-state index contributed by atoms with van der Waals surface area (Å²) in [6.07, 6.45) is -4.43. The first kappa shape index (κ1) is 15.7. The van der Waals surface area contributed by atoms with E-state index in [0.29, 0.717) is 5.56 Å². The van der Waals surface area contributed by atoms with Crippen LogP contribution < -0.4 is 10.1 Å². The van der Waals surface area contributed by atoms with Crippen LogP contribution in [0.4, 0.5) is 17.6 Å². The minimum Gasteiger partial charge on any atom is -0.477 e. The highest BCUT2D eigenvalue weighted by molar-refractivity contribution is 5.26. The molecule has 0 aliphatic heterocycles. The van der Waals surface area contributed by atoms with Gasteiger partial charge in [-0.2, -0.15) is 13.2 Å². The molecular formula is C12H16F4N2O. The van der Waals surface area contributed by atoms with Gasteiger partial charge in [0.05, 0.1) is 19.2 Å². The maximum atomic E-state index is 13.1. The van der Waals surface area contributed by atoms with Gasteiger partial charge >= 0.3 is 6.18 Å². The second-order valence-corrected chi connectivity index (χ2v) is 4.37. The summed E-state index contributed by atoms with van der Waals surface area (Å²) in [5, 5.41) is 3.03. The van der Waals surface area contributed by atoms with Crippen molar-refractivity contribution >= 4 is 0 Å². The molecule has 0 aliphatic rings. The molecule has 0 aliphatic carbocycles. The minimum atomic E-state index is -4.28. The highest BCUT2D eigenvalue weighted by atomic mass is 19.4. The molecular weight excluding hydrogens is 264 g/mol. The van der Waals surface area contributed by atoms with E-state index in [1.165, 1.54) is 6.07 Å². The van der Waals surface area contributed by atoms with Crippen molar-refractivity contribution < 1.29 is 22.3 Å². The number of aromatic nitrogens is 1. The second-order valence-electron chi connectivity index (χ2n) is 4.37. The van der Waals surface area contributed by atoms with Crippen molar-refractivity contribution in [3.8, 4) is 5.88 Å². The zero-order valence-corrected chi connectivity index (χ0v) is 10.7. The van der Waals surface area contributed by atoms with Gasteiger partial charge < -0.3 is 10.1 Å². The van der Waals surface area contributed by atoms with E-state index in [4.69, 9.17) is 4.74 Å². The van der Waals surface area contributed by atoms with Crippen LogP contribution in [0.3, 0.4) is 0 Å². The van der Waals surface area contributed by atoms with Crippen molar-refractivity contribution in [2.45, 2.75) is 39.0 Å².